The van der Waals surface area contributed by atoms with Gasteiger partial charge in [-0.25, -0.2) is 4.98 Å². The molecule has 1 fully saturated rings. The number of amides is 1. The zero-order valence-electron chi connectivity index (χ0n) is 18.9. The Morgan fingerprint density at radius 2 is 2.03 bits per heavy atom. The maximum atomic E-state index is 12.7. The van der Waals surface area contributed by atoms with Gasteiger partial charge >= 0.3 is 0 Å². The molecule has 1 saturated heterocycles. The number of carbonyl (C=O) groups excluding carboxylic acids is 1. The molecule has 4 rings (SSSR count). The number of rotatable bonds is 7. The third kappa shape index (κ3) is 5.95. The second-order valence-electron chi connectivity index (χ2n) is 8.25. The monoisotopic (exact) mass is 486 g/mol. The number of anilines is 4. The Kier molecular flexibility index (Phi) is 7.36. The van der Waals surface area contributed by atoms with Crippen LogP contribution in [0.3, 0.4) is 0 Å². The van der Waals surface area contributed by atoms with E-state index in [1.807, 2.05) is 19.1 Å². The first kappa shape index (κ1) is 23.3. The molecule has 2 aromatic heterocycles. The Labute approximate surface area is 202 Å². The van der Waals surface area contributed by atoms with Crippen molar-refractivity contribution < 1.29 is 4.79 Å². The smallest absolute Gasteiger partial charge is 0.267 e. The lowest BCUT2D eigenvalue weighted by atomic mass is 10.1. The standard InChI is InChI=1S/C22H27ClN8OS/c1-13(2)11-17-26-20(29-21(27-17)31-9-7-24-8-10-31)30-22-25-12-16(33-22)19(32)28-18-14(3)5-4-6-15(18)23/h4-6,12-13,24H,7-11H2,1-3H3,(H,28,32)(H,25,26,27,29,30). The van der Waals surface area contributed by atoms with Gasteiger partial charge in [0.05, 0.1) is 16.9 Å². The van der Waals surface area contributed by atoms with Gasteiger partial charge in [-0.15, -0.1) is 0 Å². The number of hydrogen-bond donors (Lipinski definition) is 3. The molecule has 0 unspecified atom stereocenters. The van der Waals surface area contributed by atoms with E-state index in [2.05, 4.69) is 54.6 Å². The zero-order valence-corrected chi connectivity index (χ0v) is 20.4. The number of thiazole rings is 1. The normalized spacial score (nSPS) is 13.9. The van der Waals surface area contributed by atoms with E-state index in [4.69, 9.17) is 11.6 Å². The molecule has 9 nitrogen and oxygen atoms in total. The van der Waals surface area contributed by atoms with Crippen molar-refractivity contribution in [3.05, 3.63) is 45.7 Å². The minimum atomic E-state index is -0.269. The highest BCUT2D eigenvalue weighted by Gasteiger charge is 2.18. The van der Waals surface area contributed by atoms with Crippen LogP contribution < -0.4 is 20.9 Å². The van der Waals surface area contributed by atoms with E-state index in [1.54, 1.807) is 6.07 Å². The van der Waals surface area contributed by atoms with Crippen LogP contribution in [-0.4, -0.2) is 52.0 Å². The summed E-state index contributed by atoms with van der Waals surface area (Å²) in [6.45, 7) is 9.63. The summed E-state index contributed by atoms with van der Waals surface area (Å²) < 4.78 is 0. The molecule has 1 aliphatic heterocycles. The molecule has 3 N–H and O–H groups in total. The number of nitrogens with one attached hydrogen (secondary N) is 3. The second-order valence-corrected chi connectivity index (χ2v) is 9.69. The minimum absolute atomic E-state index is 0.269. The molecule has 174 valence electrons. The Morgan fingerprint density at radius 3 is 2.76 bits per heavy atom. The summed E-state index contributed by atoms with van der Waals surface area (Å²) >= 11 is 7.46. The van der Waals surface area contributed by atoms with Gasteiger partial charge in [-0.2, -0.15) is 15.0 Å². The molecule has 0 bridgehead atoms. The minimum Gasteiger partial charge on any atom is -0.338 e. The average Bonchev–Trinajstić information content (AvgIpc) is 3.25. The second kappa shape index (κ2) is 10.4. The van der Waals surface area contributed by atoms with E-state index >= 15 is 0 Å². The van der Waals surface area contributed by atoms with Crippen molar-refractivity contribution in [2.45, 2.75) is 27.2 Å². The van der Waals surface area contributed by atoms with Gasteiger partial charge < -0.3 is 15.5 Å². The summed E-state index contributed by atoms with van der Waals surface area (Å²) in [4.78, 5) is 33.6. The molecular formula is C22H27ClN8OS. The van der Waals surface area contributed by atoms with Gasteiger partial charge in [-0.3, -0.25) is 10.1 Å². The molecule has 1 amide bonds. The molecule has 0 atom stereocenters. The Balaban J connectivity index is 1.52. The summed E-state index contributed by atoms with van der Waals surface area (Å²) in [5, 5.41) is 10.4. The summed E-state index contributed by atoms with van der Waals surface area (Å²) in [5.74, 6) is 1.97. The van der Waals surface area contributed by atoms with E-state index in [0.717, 1.165) is 44.0 Å². The van der Waals surface area contributed by atoms with Crippen LogP contribution in [0.15, 0.2) is 24.4 Å². The number of aryl methyl sites for hydroxylation is 1. The van der Waals surface area contributed by atoms with Crippen LogP contribution in [0.4, 0.5) is 22.7 Å². The van der Waals surface area contributed by atoms with Gasteiger partial charge in [0.2, 0.25) is 11.9 Å². The summed E-state index contributed by atoms with van der Waals surface area (Å²) in [7, 11) is 0. The lowest BCUT2D eigenvalue weighted by Crippen LogP contribution is -2.44. The first-order chi connectivity index (χ1) is 15.9. The Hall–Kier alpha value is -2.82. The van der Waals surface area contributed by atoms with E-state index < -0.39 is 0 Å². The summed E-state index contributed by atoms with van der Waals surface area (Å²) in [6.07, 6.45) is 2.28. The molecule has 3 heterocycles. The number of halogens is 1. The molecule has 0 aliphatic carbocycles. The van der Waals surface area contributed by atoms with Crippen LogP contribution in [0.1, 0.15) is 34.9 Å². The van der Waals surface area contributed by atoms with Gasteiger partial charge in [0.1, 0.15) is 10.7 Å². The van der Waals surface area contributed by atoms with Crippen LogP contribution in [0.2, 0.25) is 5.02 Å². The number of carbonyl (C=O) groups is 1. The highest BCUT2D eigenvalue weighted by Crippen LogP contribution is 2.28. The third-order valence-corrected chi connectivity index (χ3v) is 6.30. The lowest BCUT2D eigenvalue weighted by Gasteiger charge is -2.27. The first-order valence-corrected chi connectivity index (χ1v) is 12.1. The number of aromatic nitrogens is 4. The van der Waals surface area contributed by atoms with Crippen molar-refractivity contribution in [2.24, 2.45) is 5.92 Å². The molecular weight excluding hydrogens is 460 g/mol. The Morgan fingerprint density at radius 1 is 1.24 bits per heavy atom. The number of piperazine rings is 1. The first-order valence-electron chi connectivity index (χ1n) is 10.9. The van der Waals surface area contributed by atoms with E-state index in [0.29, 0.717) is 38.5 Å². The van der Waals surface area contributed by atoms with Gasteiger partial charge in [0.15, 0.2) is 5.13 Å². The van der Waals surface area contributed by atoms with Crippen molar-refractivity contribution in [1.29, 1.82) is 0 Å². The number of nitrogens with zero attached hydrogens (tertiary/aromatic N) is 5. The molecule has 0 radical (unpaired) electrons. The van der Waals surface area contributed by atoms with E-state index in [-0.39, 0.29) is 5.91 Å². The maximum absolute atomic E-state index is 12.7. The van der Waals surface area contributed by atoms with Crippen molar-refractivity contribution in [3.8, 4) is 0 Å². The van der Waals surface area contributed by atoms with Crippen LogP contribution in [0, 0.1) is 12.8 Å². The van der Waals surface area contributed by atoms with E-state index in [1.165, 1.54) is 17.5 Å². The van der Waals surface area contributed by atoms with Crippen molar-refractivity contribution >= 4 is 51.6 Å². The quantitative estimate of drug-likeness (QED) is 0.461. The van der Waals surface area contributed by atoms with Gasteiger partial charge in [0, 0.05) is 32.6 Å². The predicted molar refractivity (Wildman–Crippen MR) is 133 cm³/mol. The zero-order chi connectivity index (χ0) is 23.4. The van der Waals surface area contributed by atoms with Gasteiger partial charge in [0.25, 0.3) is 5.91 Å². The number of benzene rings is 1. The molecule has 1 aromatic carbocycles. The fourth-order valence-corrected chi connectivity index (χ4v) is 4.40. The largest absolute Gasteiger partial charge is 0.338 e. The van der Waals surface area contributed by atoms with Crippen LogP contribution in [-0.2, 0) is 6.42 Å². The SMILES string of the molecule is Cc1cccc(Cl)c1NC(=O)c1cnc(Nc2nc(CC(C)C)nc(N3CCNCC3)n2)s1. The fraction of sp³-hybridized carbons (Fsp3) is 0.409. The fourth-order valence-electron chi connectivity index (χ4n) is 3.42. The number of hydrogen-bond acceptors (Lipinski definition) is 9. The average molecular weight is 487 g/mol. The van der Waals surface area contributed by atoms with Crippen molar-refractivity contribution in [3.63, 3.8) is 0 Å². The topological polar surface area (TPSA) is 108 Å². The summed E-state index contributed by atoms with van der Waals surface area (Å²) in [5.41, 5.74) is 1.49. The highest BCUT2D eigenvalue weighted by molar-refractivity contribution is 7.17. The summed E-state index contributed by atoms with van der Waals surface area (Å²) in [6, 6.07) is 5.49. The maximum Gasteiger partial charge on any atom is 0.267 e. The van der Waals surface area contributed by atoms with Crippen molar-refractivity contribution in [1.82, 2.24) is 25.3 Å². The number of para-hydroxylation sites is 1. The molecule has 33 heavy (non-hydrogen) atoms. The molecule has 0 saturated carbocycles. The molecule has 11 heteroatoms. The molecule has 3 aromatic rings. The van der Waals surface area contributed by atoms with Crippen molar-refractivity contribution in [2.75, 3.05) is 41.7 Å². The van der Waals surface area contributed by atoms with Crippen LogP contribution >= 0.6 is 22.9 Å². The van der Waals surface area contributed by atoms with Crippen LogP contribution in [0.25, 0.3) is 0 Å². The third-order valence-electron chi connectivity index (χ3n) is 5.07. The predicted octanol–water partition coefficient (Wildman–Crippen LogP) is 3.89. The van der Waals surface area contributed by atoms with Crippen LogP contribution in [0.5, 0.6) is 0 Å². The highest BCUT2D eigenvalue weighted by atomic mass is 35.5. The Bertz CT molecular complexity index is 1110. The molecule has 0 spiro atoms. The van der Waals surface area contributed by atoms with Gasteiger partial charge in [-0.05, 0) is 24.5 Å². The van der Waals surface area contributed by atoms with E-state index in [9.17, 15) is 4.79 Å². The lowest BCUT2D eigenvalue weighted by molar-refractivity contribution is 0.103. The molecule has 1 aliphatic rings. The van der Waals surface area contributed by atoms with Gasteiger partial charge in [-0.1, -0.05) is 48.9 Å².